The van der Waals surface area contributed by atoms with Crippen molar-refractivity contribution in [1.82, 2.24) is 19.3 Å². The average molecular weight is 428 g/mol. The first-order valence-electron chi connectivity index (χ1n) is 8.80. The van der Waals surface area contributed by atoms with Crippen LogP contribution in [0.5, 0.6) is 0 Å². The van der Waals surface area contributed by atoms with Gasteiger partial charge in [0.15, 0.2) is 5.13 Å². The van der Waals surface area contributed by atoms with Crippen molar-refractivity contribution in [3.05, 3.63) is 76.2 Å². The zero-order valence-corrected chi connectivity index (χ0v) is 16.9. The van der Waals surface area contributed by atoms with Crippen molar-refractivity contribution in [1.29, 1.82) is 0 Å². The molecule has 8 nitrogen and oxygen atoms in total. The summed E-state index contributed by atoms with van der Waals surface area (Å²) in [5.41, 5.74) is 1.82. The first-order chi connectivity index (χ1) is 14.0. The van der Waals surface area contributed by atoms with E-state index in [2.05, 4.69) is 20.3 Å². The number of anilines is 1. The summed E-state index contributed by atoms with van der Waals surface area (Å²) >= 11 is 1.27. The van der Waals surface area contributed by atoms with Crippen LogP contribution >= 0.6 is 11.3 Å². The summed E-state index contributed by atoms with van der Waals surface area (Å²) in [4.78, 5) is 25.3. The monoisotopic (exact) mass is 427 g/mol. The summed E-state index contributed by atoms with van der Waals surface area (Å²) in [7, 11) is -3.55. The first-order valence-corrected chi connectivity index (χ1v) is 11.1. The fourth-order valence-corrected chi connectivity index (χ4v) is 5.09. The Morgan fingerprint density at radius 1 is 1.21 bits per heavy atom. The van der Waals surface area contributed by atoms with Crippen LogP contribution < -0.4 is 5.32 Å². The molecule has 1 aliphatic heterocycles. The maximum absolute atomic E-state index is 12.7. The summed E-state index contributed by atoms with van der Waals surface area (Å²) in [6.45, 7) is 0.575. The number of aromatic nitrogens is 3. The van der Waals surface area contributed by atoms with Gasteiger partial charge < -0.3 is 0 Å². The molecule has 1 amide bonds. The molecule has 0 unspecified atom stereocenters. The summed E-state index contributed by atoms with van der Waals surface area (Å²) in [6.07, 6.45) is 6.37. The first kappa shape index (κ1) is 19.4. The van der Waals surface area contributed by atoms with Crippen LogP contribution in [0.2, 0.25) is 0 Å². The predicted molar refractivity (Wildman–Crippen MR) is 111 cm³/mol. The van der Waals surface area contributed by atoms with Crippen LogP contribution in [0.15, 0.2) is 54.3 Å². The molecule has 0 spiro atoms. The smallest absolute Gasteiger partial charge is 0.277 e. The third-order valence-electron chi connectivity index (χ3n) is 4.30. The van der Waals surface area contributed by atoms with Crippen molar-refractivity contribution >= 4 is 38.5 Å². The van der Waals surface area contributed by atoms with E-state index in [0.717, 1.165) is 16.1 Å². The normalized spacial score (nSPS) is 14.6. The third kappa shape index (κ3) is 4.56. The van der Waals surface area contributed by atoms with E-state index < -0.39 is 15.9 Å². The lowest BCUT2D eigenvalue weighted by Crippen LogP contribution is -2.34. The Balaban J connectivity index is 1.46. The number of nitrogens with one attached hydrogen (secondary N) is 1. The Kier molecular flexibility index (Phi) is 5.47. The molecule has 0 aliphatic carbocycles. The van der Waals surface area contributed by atoms with E-state index >= 15 is 0 Å². The van der Waals surface area contributed by atoms with Gasteiger partial charge in [0.1, 0.15) is 5.69 Å². The van der Waals surface area contributed by atoms with Gasteiger partial charge in [0, 0.05) is 35.6 Å². The molecule has 148 valence electrons. The molecule has 3 aromatic rings. The van der Waals surface area contributed by atoms with Gasteiger partial charge in [0.05, 0.1) is 18.4 Å². The Hall–Kier alpha value is -2.95. The number of thiazole rings is 1. The summed E-state index contributed by atoms with van der Waals surface area (Å²) in [5.74, 6) is -0.403. The molecule has 29 heavy (non-hydrogen) atoms. The summed E-state index contributed by atoms with van der Waals surface area (Å²) < 4.78 is 26.8. The highest BCUT2D eigenvalue weighted by Gasteiger charge is 2.28. The Labute approximate surface area is 172 Å². The topological polar surface area (TPSA) is 105 Å². The van der Waals surface area contributed by atoms with Gasteiger partial charge in [-0.15, -0.1) is 11.3 Å². The fourth-order valence-electron chi connectivity index (χ4n) is 2.83. The zero-order valence-electron chi connectivity index (χ0n) is 15.2. The fraction of sp³-hybridized carbons (Fsp3) is 0.158. The van der Waals surface area contributed by atoms with Gasteiger partial charge in [-0.3, -0.25) is 15.1 Å². The van der Waals surface area contributed by atoms with Crippen molar-refractivity contribution in [2.24, 2.45) is 0 Å². The zero-order chi connectivity index (χ0) is 20.3. The van der Waals surface area contributed by atoms with Crippen molar-refractivity contribution in [3.8, 4) is 0 Å². The minimum atomic E-state index is -3.55. The number of amides is 1. The number of carbonyl (C=O) groups is 1. The van der Waals surface area contributed by atoms with Crippen LogP contribution in [0.3, 0.4) is 0 Å². The molecule has 0 bridgehead atoms. The lowest BCUT2D eigenvalue weighted by Gasteiger charge is -2.23. The van der Waals surface area contributed by atoms with Crippen molar-refractivity contribution in [2.75, 3.05) is 11.9 Å². The molecule has 0 fully saturated rings. The van der Waals surface area contributed by atoms with Crippen LogP contribution in [0, 0.1) is 0 Å². The molecule has 3 heterocycles. The van der Waals surface area contributed by atoms with Crippen LogP contribution in [0.1, 0.15) is 26.6 Å². The van der Waals surface area contributed by atoms with Crippen molar-refractivity contribution in [2.45, 2.75) is 13.0 Å². The minimum absolute atomic E-state index is 0.191. The number of hydrogen-bond donors (Lipinski definition) is 1. The molecule has 0 saturated heterocycles. The second-order valence-corrected chi connectivity index (χ2v) is 9.18. The Bertz CT molecular complexity index is 1150. The molecule has 1 N–H and O–H groups in total. The Morgan fingerprint density at radius 2 is 2.03 bits per heavy atom. The molecule has 1 aromatic carbocycles. The van der Waals surface area contributed by atoms with Gasteiger partial charge in [-0.25, -0.2) is 18.4 Å². The van der Waals surface area contributed by atoms with Crippen LogP contribution in [0.25, 0.3) is 6.08 Å². The van der Waals surface area contributed by atoms with Crippen LogP contribution in [-0.2, 0) is 23.0 Å². The molecule has 0 radical (unpaired) electrons. The lowest BCUT2D eigenvalue weighted by atomic mass is 10.2. The standard InChI is InChI=1S/C19H17N5O3S2/c25-18(16-12-20-8-9-21-16)23-19-22-15-6-10-24(13-17(15)28-19)29(26,27)11-7-14-4-2-1-3-5-14/h1-5,7-9,11-12H,6,10,13H2,(H,22,23,25). The average Bonchev–Trinajstić information content (AvgIpc) is 3.15. The highest BCUT2D eigenvalue weighted by Crippen LogP contribution is 2.30. The van der Waals surface area contributed by atoms with E-state index in [1.165, 1.54) is 39.6 Å². The molecule has 10 heteroatoms. The van der Waals surface area contributed by atoms with Crippen molar-refractivity contribution in [3.63, 3.8) is 0 Å². The van der Waals surface area contributed by atoms with Gasteiger partial charge in [0.25, 0.3) is 5.91 Å². The number of carbonyl (C=O) groups excluding carboxylic acids is 1. The lowest BCUT2D eigenvalue weighted by molar-refractivity contribution is 0.102. The number of fused-ring (bicyclic) bond motifs is 1. The number of rotatable bonds is 5. The molecule has 4 rings (SSSR count). The molecule has 0 atom stereocenters. The number of benzene rings is 1. The van der Waals surface area contributed by atoms with Gasteiger partial charge in [-0.2, -0.15) is 4.31 Å². The number of sulfonamides is 1. The SMILES string of the molecule is O=C(Nc1nc2c(s1)CN(S(=O)(=O)C=Cc1ccccc1)CC2)c1cnccn1. The largest absolute Gasteiger partial charge is 0.296 e. The quantitative estimate of drug-likeness (QED) is 0.671. The molecule has 2 aromatic heterocycles. The van der Waals surface area contributed by atoms with Gasteiger partial charge in [0.2, 0.25) is 10.0 Å². The van der Waals surface area contributed by atoms with Gasteiger partial charge >= 0.3 is 0 Å². The van der Waals surface area contributed by atoms with Crippen LogP contribution in [-0.4, -0.2) is 40.1 Å². The number of hydrogen-bond acceptors (Lipinski definition) is 7. The number of nitrogens with zero attached hydrogens (tertiary/aromatic N) is 4. The van der Waals surface area contributed by atoms with Gasteiger partial charge in [-0.1, -0.05) is 30.3 Å². The summed E-state index contributed by atoms with van der Waals surface area (Å²) in [5, 5.41) is 4.35. The van der Waals surface area contributed by atoms with E-state index in [0.29, 0.717) is 18.1 Å². The maximum Gasteiger partial charge on any atom is 0.277 e. The van der Waals surface area contributed by atoms with E-state index in [1.807, 2.05) is 30.3 Å². The molecule has 1 aliphatic rings. The maximum atomic E-state index is 12.7. The van der Waals surface area contributed by atoms with E-state index in [9.17, 15) is 13.2 Å². The minimum Gasteiger partial charge on any atom is -0.296 e. The summed E-state index contributed by atoms with van der Waals surface area (Å²) in [6, 6.07) is 9.27. The Morgan fingerprint density at radius 3 is 2.79 bits per heavy atom. The van der Waals surface area contributed by atoms with Crippen molar-refractivity contribution < 1.29 is 13.2 Å². The second kappa shape index (κ2) is 8.19. The van der Waals surface area contributed by atoms with Gasteiger partial charge in [-0.05, 0) is 11.6 Å². The molecular weight excluding hydrogens is 410 g/mol. The van der Waals surface area contributed by atoms with E-state index in [-0.39, 0.29) is 12.2 Å². The molecular formula is C19H17N5O3S2. The van der Waals surface area contributed by atoms with Crippen LogP contribution in [0.4, 0.5) is 5.13 Å². The highest BCUT2D eigenvalue weighted by atomic mass is 32.2. The highest BCUT2D eigenvalue weighted by molar-refractivity contribution is 7.92. The van der Waals surface area contributed by atoms with E-state index in [1.54, 1.807) is 6.08 Å². The van der Waals surface area contributed by atoms with E-state index in [4.69, 9.17) is 0 Å². The third-order valence-corrected chi connectivity index (χ3v) is 6.81. The predicted octanol–water partition coefficient (Wildman–Crippen LogP) is 2.54. The molecule has 0 saturated carbocycles. The second-order valence-electron chi connectivity index (χ2n) is 6.28.